The minimum absolute atomic E-state index is 0.0587. The highest BCUT2D eigenvalue weighted by Gasteiger charge is 2.23. The molecular weight excluding hydrogens is 397 g/mol. The number of esters is 1. The Hall–Kier alpha value is -3.99. The number of aromatic nitrogens is 4. The molecule has 0 fully saturated rings. The predicted octanol–water partition coefficient (Wildman–Crippen LogP) is 4.23. The zero-order valence-electron chi connectivity index (χ0n) is 17.6. The highest BCUT2D eigenvalue weighted by molar-refractivity contribution is 5.90. The summed E-state index contributed by atoms with van der Waals surface area (Å²) >= 11 is 0. The van der Waals surface area contributed by atoms with E-state index in [0.717, 1.165) is 22.3 Å². The van der Waals surface area contributed by atoms with Crippen LogP contribution >= 0.6 is 0 Å². The molecule has 0 spiro atoms. The van der Waals surface area contributed by atoms with Gasteiger partial charge in [-0.1, -0.05) is 0 Å². The second kappa shape index (κ2) is 7.69. The summed E-state index contributed by atoms with van der Waals surface area (Å²) in [5.41, 5.74) is 3.70. The van der Waals surface area contributed by atoms with Gasteiger partial charge in [-0.15, -0.1) is 0 Å². The average molecular weight is 417 g/mol. The fourth-order valence-corrected chi connectivity index (χ4v) is 3.60. The molecule has 0 aliphatic carbocycles. The molecule has 0 saturated heterocycles. The maximum absolute atomic E-state index is 14.4. The van der Waals surface area contributed by atoms with Gasteiger partial charge in [-0.05, 0) is 57.2 Å². The molecule has 0 radical (unpaired) electrons. The van der Waals surface area contributed by atoms with Crippen molar-refractivity contribution >= 4 is 16.9 Å². The van der Waals surface area contributed by atoms with Crippen molar-refractivity contribution in [2.45, 2.75) is 20.8 Å². The predicted molar refractivity (Wildman–Crippen MR) is 113 cm³/mol. The summed E-state index contributed by atoms with van der Waals surface area (Å²) in [5, 5.41) is 14.5. The van der Waals surface area contributed by atoms with Crippen molar-refractivity contribution in [1.29, 1.82) is 5.26 Å². The maximum Gasteiger partial charge on any atom is 0.358 e. The number of imidazole rings is 1. The third-order valence-corrected chi connectivity index (χ3v) is 5.30. The van der Waals surface area contributed by atoms with Crippen LogP contribution < -0.4 is 0 Å². The molecule has 0 amide bonds. The summed E-state index contributed by atoms with van der Waals surface area (Å²) in [6.07, 6.45) is 0. The molecule has 0 N–H and O–H groups in total. The van der Waals surface area contributed by atoms with E-state index in [-0.39, 0.29) is 17.9 Å². The molecule has 0 aliphatic rings. The first-order valence-electron chi connectivity index (χ1n) is 9.76. The lowest BCUT2D eigenvalue weighted by atomic mass is 10.1. The Morgan fingerprint density at radius 2 is 1.97 bits per heavy atom. The maximum atomic E-state index is 14.4. The van der Waals surface area contributed by atoms with Crippen LogP contribution in [0.2, 0.25) is 0 Å². The van der Waals surface area contributed by atoms with E-state index in [1.54, 1.807) is 29.2 Å². The topological polar surface area (TPSA) is 85.7 Å². The Kier molecular flexibility index (Phi) is 5.03. The number of nitriles is 1. The van der Waals surface area contributed by atoms with E-state index in [4.69, 9.17) is 10.00 Å². The van der Waals surface area contributed by atoms with Crippen LogP contribution in [0.15, 0.2) is 36.4 Å². The number of carbonyl (C=O) groups excluding carboxylic acids is 1. The van der Waals surface area contributed by atoms with Crippen molar-refractivity contribution in [1.82, 2.24) is 19.3 Å². The van der Waals surface area contributed by atoms with E-state index >= 15 is 0 Å². The number of rotatable bonds is 4. The number of benzene rings is 2. The van der Waals surface area contributed by atoms with Crippen LogP contribution in [0.3, 0.4) is 0 Å². The van der Waals surface area contributed by atoms with E-state index in [9.17, 15) is 9.18 Å². The summed E-state index contributed by atoms with van der Waals surface area (Å²) < 4.78 is 23.1. The second-order valence-electron chi connectivity index (χ2n) is 7.14. The molecule has 156 valence electrons. The lowest BCUT2D eigenvalue weighted by Crippen LogP contribution is -2.07. The molecule has 31 heavy (non-hydrogen) atoms. The van der Waals surface area contributed by atoms with E-state index in [1.165, 1.54) is 12.1 Å². The molecule has 0 saturated carbocycles. The van der Waals surface area contributed by atoms with Crippen molar-refractivity contribution in [3.8, 4) is 23.1 Å². The van der Waals surface area contributed by atoms with Gasteiger partial charge >= 0.3 is 5.97 Å². The largest absolute Gasteiger partial charge is 0.461 e. The SMILES string of the molecule is CCOC(=O)c1nc(-c2ccc(C#N)c(F)c2)n(-c2ccc3nn(C)c(C)c3c2)c1C. The Balaban J connectivity index is 1.98. The van der Waals surface area contributed by atoms with E-state index in [1.807, 2.05) is 38.2 Å². The number of aryl methyl sites for hydroxylation is 2. The summed E-state index contributed by atoms with van der Waals surface area (Å²) in [7, 11) is 1.88. The van der Waals surface area contributed by atoms with Gasteiger partial charge in [0.05, 0.1) is 23.4 Å². The molecule has 0 aliphatic heterocycles. The van der Waals surface area contributed by atoms with Crippen LogP contribution in [0.5, 0.6) is 0 Å². The highest BCUT2D eigenvalue weighted by Crippen LogP contribution is 2.30. The number of fused-ring (bicyclic) bond motifs is 1. The van der Waals surface area contributed by atoms with Gasteiger partial charge in [0.15, 0.2) is 5.69 Å². The van der Waals surface area contributed by atoms with Gasteiger partial charge in [-0.25, -0.2) is 14.2 Å². The monoisotopic (exact) mass is 417 g/mol. The van der Waals surface area contributed by atoms with E-state index in [0.29, 0.717) is 17.1 Å². The Morgan fingerprint density at radius 1 is 1.19 bits per heavy atom. The molecular formula is C23H20FN5O2. The van der Waals surface area contributed by atoms with E-state index in [2.05, 4.69) is 10.1 Å². The Labute approximate surface area is 178 Å². The lowest BCUT2D eigenvalue weighted by molar-refractivity contribution is 0.0519. The first kappa shape index (κ1) is 20.3. The van der Waals surface area contributed by atoms with Crippen LogP contribution in [0.4, 0.5) is 4.39 Å². The minimum Gasteiger partial charge on any atom is -0.461 e. The van der Waals surface area contributed by atoms with Gasteiger partial charge in [0.25, 0.3) is 0 Å². The highest BCUT2D eigenvalue weighted by atomic mass is 19.1. The molecule has 2 aromatic heterocycles. The summed E-state index contributed by atoms with van der Waals surface area (Å²) in [5.74, 6) is -0.818. The molecule has 0 unspecified atom stereocenters. The number of hydrogen-bond acceptors (Lipinski definition) is 5. The summed E-state index contributed by atoms with van der Waals surface area (Å²) in [4.78, 5) is 17.0. The molecule has 0 atom stereocenters. The molecule has 7 nitrogen and oxygen atoms in total. The van der Waals surface area contributed by atoms with Crippen molar-refractivity contribution in [3.63, 3.8) is 0 Å². The quantitative estimate of drug-likeness (QED) is 0.464. The van der Waals surface area contributed by atoms with Crippen molar-refractivity contribution in [2.24, 2.45) is 7.05 Å². The van der Waals surface area contributed by atoms with Gasteiger partial charge in [0.2, 0.25) is 0 Å². The minimum atomic E-state index is -0.650. The van der Waals surface area contributed by atoms with Crippen LogP contribution in [-0.2, 0) is 11.8 Å². The van der Waals surface area contributed by atoms with Crippen LogP contribution in [-0.4, -0.2) is 31.9 Å². The molecule has 4 aromatic rings. The smallest absolute Gasteiger partial charge is 0.358 e. The molecule has 4 rings (SSSR count). The number of carbonyl (C=O) groups is 1. The first-order chi connectivity index (χ1) is 14.8. The Bertz CT molecular complexity index is 1380. The zero-order chi connectivity index (χ0) is 22.3. The van der Waals surface area contributed by atoms with Crippen LogP contribution in [0.25, 0.3) is 28.0 Å². The summed E-state index contributed by atoms with van der Waals surface area (Å²) in [6, 6.07) is 11.8. The molecule has 2 aromatic carbocycles. The van der Waals surface area contributed by atoms with Gasteiger partial charge in [0, 0.05) is 29.4 Å². The van der Waals surface area contributed by atoms with Crippen molar-refractivity contribution in [2.75, 3.05) is 6.61 Å². The van der Waals surface area contributed by atoms with Gasteiger partial charge < -0.3 is 4.74 Å². The third-order valence-electron chi connectivity index (χ3n) is 5.30. The van der Waals surface area contributed by atoms with Crippen molar-refractivity contribution < 1.29 is 13.9 Å². The number of ether oxygens (including phenoxy) is 1. The number of nitrogens with zero attached hydrogens (tertiary/aromatic N) is 5. The fourth-order valence-electron chi connectivity index (χ4n) is 3.60. The first-order valence-corrected chi connectivity index (χ1v) is 9.76. The fraction of sp³-hybridized carbons (Fsp3) is 0.217. The van der Waals surface area contributed by atoms with Crippen molar-refractivity contribution in [3.05, 3.63) is 64.9 Å². The number of halogens is 1. The van der Waals surface area contributed by atoms with E-state index < -0.39 is 11.8 Å². The standard InChI is InChI=1S/C23H20FN5O2/c1-5-31-23(30)21-14(3)29(17-8-9-20-18(11-17)13(2)28(4)27-20)22(26-21)15-6-7-16(12-25)19(24)10-15/h6-11H,5H2,1-4H3. The molecule has 0 bridgehead atoms. The van der Waals surface area contributed by atoms with Gasteiger partial charge in [0.1, 0.15) is 17.7 Å². The molecule has 2 heterocycles. The van der Waals surface area contributed by atoms with Crippen LogP contribution in [0.1, 0.15) is 34.4 Å². The number of hydrogen-bond donors (Lipinski definition) is 0. The van der Waals surface area contributed by atoms with Crippen LogP contribution in [0, 0.1) is 31.0 Å². The average Bonchev–Trinajstić information content (AvgIpc) is 3.24. The lowest BCUT2D eigenvalue weighted by Gasteiger charge is -2.11. The zero-order valence-corrected chi connectivity index (χ0v) is 17.6. The molecule has 8 heteroatoms. The summed E-state index contributed by atoms with van der Waals surface area (Å²) in [6.45, 7) is 5.68. The normalized spacial score (nSPS) is 11.0. The second-order valence-corrected chi connectivity index (χ2v) is 7.14. The third kappa shape index (κ3) is 3.34. The Morgan fingerprint density at radius 3 is 2.65 bits per heavy atom. The van der Waals surface area contributed by atoms with Gasteiger partial charge in [-0.2, -0.15) is 10.4 Å². The van der Waals surface area contributed by atoms with Gasteiger partial charge in [-0.3, -0.25) is 9.25 Å².